The minimum atomic E-state index is -3.28. The van der Waals surface area contributed by atoms with Crippen molar-refractivity contribution in [3.05, 3.63) is 41.4 Å². The molecule has 0 fully saturated rings. The molecule has 0 spiro atoms. The van der Waals surface area contributed by atoms with Crippen LogP contribution in [0, 0.1) is 0 Å². The van der Waals surface area contributed by atoms with Gasteiger partial charge in [0.05, 0.1) is 18.5 Å². The van der Waals surface area contributed by atoms with Gasteiger partial charge in [-0.25, -0.2) is 0 Å². The molecule has 0 saturated heterocycles. The molecule has 0 amide bonds. The van der Waals surface area contributed by atoms with E-state index in [4.69, 9.17) is 20.6 Å². The number of halogens is 1. The lowest BCUT2D eigenvalue weighted by Gasteiger charge is -2.19. The van der Waals surface area contributed by atoms with Gasteiger partial charge in [0.15, 0.2) is 0 Å². The molecule has 0 aromatic heterocycles. The van der Waals surface area contributed by atoms with Crippen molar-refractivity contribution in [2.45, 2.75) is 13.8 Å². The predicted octanol–water partition coefficient (Wildman–Crippen LogP) is 4.58. The zero-order valence-corrected chi connectivity index (χ0v) is 11.6. The van der Waals surface area contributed by atoms with E-state index in [-0.39, 0.29) is 0 Å². The first kappa shape index (κ1) is 14.5. The standard InChI is InChI=1S/C12H16ClO3P/c1-4-15-17(14,16-5-2)10(3)11-6-8-12(13)9-7-11/h6-9H,3-5H2,1-2H3. The topological polar surface area (TPSA) is 35.5 Å². The molecule has 0 aliphatic carbocycles. The first-order chi connectivity index (χ1) is 8.03. The van der Waals surface area contributed by atoms with Gasteiger partial charge in [-0.3, -0.25) is 4.57 Å². The van der Waals surface area contributed by atoms with E-state index in [2.05, 4.69) is 6.58 Å². The largest absolute Gasteiger partial charge is 0.361 e. The van der Waals surface area contributed by atoms with E-state index in [9.17, 15) is 4.57 Å². The van der Waals surface area contributed by atoms with Gasteiger partial charge < -0.3 is 9.05 Å². The Labute approximate surface area is 107 Å². The average Bonchev–Trinajstić information content (AvgIpc) is 2.30. The van der Waals surface area contributed by atoms with E-state index in [0.29, 0.717) is 29.1 Å². The van der Waals surface area contributed by atoms with Crippen molar-refractivity contribution in [2.24, 2.45) is 0 Å². The molecule has 1 rings (SSSR count). The normalized spacial score (nSPS) is 11.5. The molecule has 0 bridgehead atoms. The van der Waals surface area contributed by atoms with Crippen LogP contribution in [0.25, 0.3) is 5.31 Å². The van der Waals surface area contributed by atoms with Crippen molar-refractivity contribution < 1.29 is 13.6 Å². The van der Waals surface area contributed by atoms with Crippen molar-refractivity contribution >= 4 is 24.5 Å². The lowest BCUT2D eigenvalue weighted by Crippen LogP contribution is -1.97. The molecule has 5 heteroatoms. The molecule has 0 aliphatic rings. The van der Waals surface area contributed by atoms with Gasteiger partial charge in [0.1, 0.15) is 0 Å². The Morgan fingerprint density at radius 3 is 2.12 bits per heavy atom. The Hall–Kier alpha value is -0.600. The summed E-state index contributed by atoms with van der Waals surface area (Å²) in [6, 6.07) is 6.92. The third-order valence-electron chi connectivity index (χ3n) is 2.11. The highest BCUT2D eigenvalue weighted by molar-refractivity contribution is 7.65. The summed E-state index contributed by atoms with van der Waals surface area (Å²) < 4.78 is 22.9. The van der Waals surface area contributed by atoms with Crippen LogP contribution in [0.4, 0.5) is 0 Å². The van der Waals surface area contributed by atoms with Gasteiger partial charge in [0, 0.05) is 5.02 Å². The second kappa shape index (κ2) is 6.36. The summed E-state index contributed by atoms with van der Waals surface area (Å²) in [4.78, 5) is 0. The van der Waals surface area contributed by atoms with Crippen LogP contribution in [0.1, 0.15) is 19.4 Å². The van der Waals surface area contributed by atoms with Gasteiger partial charge in [-0.05, 0) is 31.5 Å². The zero-order chi connectivity index (χ0) is 12.9. The fourth-order valence-corrected chi connectivity index (χ4v) is 2.99. The Bertz CT molecular complexity index is 418. The highest BCUT2D eigenvalue weighted by atomic mass is 35.5. The van der Waals surface area contributed by atoms with Crippen molar-refractivity contribution in [1.82, 2.24) is 0 Å². The second-order valence-corrected chi connectivity index (χ2v) is 5.77. The summed E-state index contributed by atoms with van der Waals surface area (Å²) in [6.45, 7) is 7.96. The van der Waals surface area contributed by atoms with Crippen LogP contribution in [-0.2, 0) is 13.6 Å². The van der Waals surface area contributed by atoms with E-state index in [1.54, 1.807) is 38.1 Å². The molecule has 17 heavy (non-hydrogen) atoms. The molecule has 0 unspecified atom stereocenters. The lowest BCUT2D eigenvalue weighted by atomic mass is 10.2. The SMILES string of the molecule is C=C(c1ccc(Cl)cc1)P(=O)(OCC)OCC. The quantitative estimate of drug-likeness (QED) is 0.713. The molecule has 0 N–H and O–H groups in total. The molecular formula is C12H16ClO3P. The number of rotatable bonds is 6. The highest BCUT2D eigenvalue weighted by Gasteiger charge is 2.28. The van der Waals surface area contributed by atoms with E-state index in [1.807, 2.05) is 0 Å². The Morgan fingerprint density at radius 2 is 1.71 bits per heavy atom. The van der Waals surface area contributed by atoms with E-state index >= 15 is 0 Å². The summed E-state index contributed by atoms with van der Waals surface area (Å²) in [6.07, 6.45) is 0. The van der Waals surface area contributed by atoms with E-state index in [0.717, 1.165) is 0 Å². The fourth-order valence-electron chi connectivity index (χ4n) is 1.33. The third-order valence-corrected chi connectivity index (χ3v) is 4.47. The molecule has 0 aliphatic heterocycles. The Kier molecular flexibility index (Phi) is 5.41. The predicted molar refractivity (Wildman–Crippen MR) is 71.3 cm³/mol. The summed E-state index contributed by atoms with van der Waals surface area (Å²) in [5, 5.41) is 0.974. The summed E-state index contributed by atoms with van der Waals surface area (Å²) in [7, 11) is -3.28. The van der Waals surface area contributed by atoms with Crippen LogP contribution < -0.4 is 0 Å². The van der Waals surface area contributed by atoms with E-state index in [1.165, 1.54) is 0 Å². The summed E-state index contributed by atoms with van der Waals surface area (Å²) >= 11 is 5.79. The maximum absolute atomic E-state index is 12.4. The summed E-state index contributed by atoms with van der Waals surface area (Å²) in [5.41, 5.74) is 0.708. The van der Waals surface area contributed by atoms with E-state index < -0.39 is 7.60 Å². The lowest BCUT2D eigenvalue weighted by molar-refractivity contribution is 0.230. The van der Waals surface area contributed by atoms with Crippen LogP contribution in [0.3, 0.4) is 0 Å². The third kappa shape index (κ3) is 3.68. The molecule has 1 aromatic rings. The first-order valence-corrected chi connectivity index (χ1v) is 7.30. The molecule has 0 heterocycles. The Balaban J connectivity index is 2.99. The summed E-state index contributed by atoms with van der Waals surface area (Å²) in [5.74, 6) is 0. The molecular weight excluding hydrogens is 259 g/mol. The van der Waals surface area contributed by atoms with Gasteiger partial charge in [-0.1, -0.05) is 30.3 Å². The zero-order valence-electron chi connectivity index (χ0n) is 9.98. The van der Waals surface area contributed by atoms with Gasteiger partial charge in [0.25, 0.3) is 0 Å². The Morgan fingerprint density at radius 1 is 1.24 bits per heavy atom. The minimum absolute atomic E-state index is 0.309. The molecule has 0 atom stereocenters. The molecule has 0 radical (unpaired) electrons. The maximum atomic E-state index is 12.4. The average molecular weight is 275 g/mol. The van der Waals surface area contributed by atoms with Gasteiger partial charge in [-0.15, -0.1) is 0 Å². The van der Waals surface area contributed by atoms with Gasteiger partial charge in [-0.2, -0.15) is 0 Å². The molecule has 94 valence electrons. The molecule has 1 aromatic carbocycles. The highest BCUT2D eigenvalue weighted by Crippen LogP contribution is 2.59. The van der Waals surface area contributed by atoms with Crippen LogP contribution in [0.2, 0.25) is 5.02 Å². The first-order valence-electron chi connectivity index (χ1n) is 5.38. The van der Waals surface area contributed by atoms with Gasteiger partial charge in [0.2, 0.25) is 0 Å². The number of benzene rings is 1. The fraction of sp³-hybridized carbons (Fsp3) is 0.333. The van der Waals surface area contributed by atoms with Gasteiger partial charge >= 0.3 is 7.60 Å². The van der Waals surface area contributed by atoms with Crippen LogP contribution in [-0.4, -0.2) is 13.2 Å². The van der Waals surface area contributed by atoms with Crippen LogP contribution >= 0.6 is 19.2 Å². The minimum Gasteiger partial charge on any atom is -0.305 e. The number of hydrogen-bond acceptors (Lipinski definition) is 3. The van der Waals surface area contributed by atoms with Crippen molar-refractivity contribution in [3.8, 4) is 0 Å². The molecule has 3 nitrogen and oxygen atoms in total. The molecule has 0 saturated carbocycles. The van der Waals surface area contributed by atoms with Crippen LogP contribution in [0.15, 0.2) is 30.8 Å². The van der Waals surface area contributed by atoms with Crippen LogP contribution in [0.5, 0.6) is 0 Å². The second-order valence-electron chi connectivity index (χ2n) is 3.29. The van der Waals surface area contributed by atoms with Crippen molar-refractivity contribution in [2.75, 3.05) is 13.2 Å². The van der Waals surface area contributed by atoms with Crippen molar-refractivity contribution in [1.29, 1.82) is 0 Å². The monoisotopic (exact) mass is 274 g/mol. The van der Waals surface area contributed by atoms with Crippen molar-refractivity contribution in [3.63, 3.8) is 0 Å². The maximum Gasteiger partial charge on any atom is 0.361 e. The smallest absolute Gasteiger partial charge is 0.305 e. The number of hydrogen-bond donors (Lipinski definition) is 0.